The van der Waals surface area contributed by atoms with Crippen LogP contribution in [0.2, 0.25) is 0 Å². The monoisotopic (exact) mass is 343 g/mol. The minimum absolute atomic E-state index is 0.741. The van der Waals surface area contributed by atoms with Gasteiger partial charge in [-0.1, -0.05) is 42.5 Å². The van der Waals surface area contributed by atoms with E-state index in [1.54, 1.807) is 6.33 Å². The Hall–Kier alpha value is -2.95. The molecule has 1 saturated heterocycles. The van der Waals surface area contributed by atoms with E-state index in [1.165, 1.54) is 24.8 Å². The van der Waals surface area contributed by atoms with Crippen molar-refractivity contribution in [2.75, 3.05) is 18.0 Å². The molecule has 0 aliphatic carbocycles. The summed E-state index contributed by atoms with van der Waals surface area (Å²) in [5, 5.41) is 9.49. The Balaban J connectivity index is 1.40. The van der Waals surface area contributed by atoms with Crippen molar-refractivity contribution in [1.29, 1.82) is 0 Å². The highest BCUT2D eigenvalue weighted by Crippen LogP contribution is 2.27. The molecule has 4 aromatic rings. The van der Waals surface area contributed by atoms with E-state index >= 15 is 0 Å². The van der Waals surface area contributed by atoms with Gasteiger partial charge in [-0.2, -0.15) is 0 Å². The molecule has 2 aromatic heterocycles. The number of para-hydroxylation sites is 1. The third-order valence-electron chi connectivity index (χ3n) is 5.39. The lowest BCUT2D eigenvalue weighted by molar-refractivity contribution is 0.400. The second-order valence-corrected chi connectivity index (χ2v) is 7.07. The summed E-state index contributed by atoms with van der Waals surface area (Å²) < 4.78 is 2.03. The number of nitrogens with zero attached hydrogens (tertiary/aromatic N) is 5. The molecule has 0 bridgehead atoms. The Labute approximate surface area is 152 Å². The van der Waals surface area contributed by atoms with E-state index in [0.717, 1.165) is 41.5 Å². The standard InChI is InChI=1S/C21H21N5/c1-2-6-16(7-3-1)14-17-10-12-25(13-11-17)21-23-19-9-5-4-8-18(19)20-24-22-15-26(20)21/h1-9,15,17H,10-14H2. The summed E-state index contributed by atoms with van der Waals surface area (Å²) in [5.74, 6) is 1.70. The molecular formula is C21H21N5. The van der Waals surface area contributed by atoms with Crippen LogP contribution in [-0.4, -0.2) is 32.7 Å². The molecule has 0 radical (unpaired) electrons. The van der Waals surface area contributed by atoms with Gasteiger partial charge < -0.3 is 4.90 Å². The second-order valence-electron chi connectivity index (χ2n) is 7.07. The lowest BCUT2D eigenvalue weighted by Gasteiger charge is -2.33. The number of benzene rings is 2. The first-order valence-corrected chi connectivity index (χ1v) is 9.26. The molecule has 5 rings (SSSR count). The Kier molecular flexibility index (Phi) is 3.77. The second kappa shape index (κ2) is 6.41. The zero-order chi connectivity index (χ0) is 17.3. The molecular weight excluding hydrogens is 322 g/mol. The number of anilines is 1. The largest absolute Gasteiger partial charge is 0.342 e. The summed E-state index contributed by atoms with van der Waals surface area (Å²) in [6.07, 6.45) is 5.32. The molecule has 0 saturated carbocycles. The van der Waals surface area contributed by atoms with Crippen molar-refractivity contribution in [2.24, 2.45) is 5.92 Å². The summed E-state index contributed by atoms with van der Waals surface area (Å²) in [6, 6.07) is 19.0. The highest BCUT2D eigenvalue weighted by atomic mass is 15.3. The van der Waals surface area contributed by atoms with E-state index in [4.69, 9.17) is 4.98 Å². The van der Waals surface area contributed by atoms with E-state index in [9.17, 15) is 0 Å². The summed E-state index contributed by atoms with van der Waals surface area (Å²) >= 11 is 0. The van der Waals surface area contributed by atoms with Crippen LogP contribution in [0, 0.1) is 5.92 Å². The average Bonchev–Trinajstić information content (AvgIpc) is 3.19. The molecule has 2 aromatic carbocycles. The fourth-order valence-corrected chi connectivity index (χ4v) is 3.99. The lowest BCUT2D eigenvalue weighted by Crippen LogP contribution is -2.36. The van der Waals surface area contributed by atoms with Gasteiger partial charge in [-0.15, -0.1) is 10.2 Å². The Morgan fingerprint density at radius 2 is 1.69 bits per heavy atom. The average molecular weight is 343 g/mol. The van der Waals surface area contributed by atoms with Crippen molar-refractivity contribution in [3.8, 4) is 0 Å². The molecule has 3 heterocycles. The summed E-state index contributed by atoms with van der Waals surface area (Å²) in [7, 11) is 0. The fourth-order valence-electron chi connectivity index (χ4n) is 3.99. The predicted octanol–water partition coefficient (Wildman–Crippen LogP) is 3.74. The van der Waals surface area contributed by atoms with E-state index in [0.29, 0.717) is 0 Å². The smallest absolute Gasteiger partial charge is 0.213 e. The molecule has 1 fully saturated rings. The SMILES string of the molecule is c1ccc(CC2CCN(c3nc4ccccc4c4nncn34)CC2)cc1. The number of hydrogen-bond donors (Lipinski definition) is 0. The van der Waals surface area contributed by atoms with Gasteiger partial charge in [-0.3, -0.25) is 4.40 Å². The number of aromatic nitrogens is 4. The molecule has 130 valence electrons. The van der Waals surface area contributed by atoms with Crippen LogP contribution in [0.3, 0.4) is 0 Å². The van der Waals surface area contributed by atoms with Crippen LogP contribution in [0.25, 0.3) is 16.6 Å². The minimum atomic E-state index is 0.741. The van der Waals surface area contributed by atoms with E-state index in [2.05, 4.69) is 57.6 Å². The quantitative estimate of drug-likeness (QED) is 0.568. The van der Waals surface area contributed by atoms with E-state index in [-0.39, 0.29) is 0 Å². The van der Waals surface area contributed by atoms with Crippen molar-refractivity contribution in [3.63, 3.8) is 0 Å². The fraction of sp³-hybridized carbons (Fsp3) is 0.286. The molecule has 0 spiro atoms. The Morgan fingerprint density at radius 1 is 0.923 bits per heavy atom. The molecule has 0 N–H and O–H groups in total. The van der Waals surface area contributed by atoms with Gasteiger partial charge in [0.1, 0.15) is 6.33 Å². The maximum Gasteiger partial charge on any atom is 0.213 e. The highest BCUT2D eigenvalue weighted by molar-refractivity contribution is 5.92. The van der Waals surface area contributed by atoms with Crippen molar-refractivity contribution in [3.05, 3.63) is 66.5 Å². The van der Waals surface area contributed by atoms with Gasteiger partial charge in [-0.05, 0) is 42.9 Å². The van der Waals surface area contributed by atoms with Gasteiger partial charge in [0.15, 0.2) is 5.65 Å². The van der Waals surface area contributed by atoms with Gasteiger partial charge in [0.05, 0.1) is 5.52 Å². The van der Waals surface area contributed by atoms with Crippen LogP contribution < -0.4 is 4.90 Å². The van der Waals surface area contributed by atoms with Crippen molar-refractivity contribution >= 4 is 22.5 Å². The number of hydrogen-bond acceptors (Lipinski definition) is 4. The zero-order valence-corrected chi connectivity index (χ0v) is 14.6. The topological polar surface area (TPSA) is 46.3 Å². The van der Waals surface area contributed by atoms with Crippen molar-refractivity contribution in [2.45, 2.75) is 19.3 Å². The maximum atomic E-state index is 4.92. The zero-order valence-electron chi connectivity index (χ0n) is 14.6. The third-order valence-corrected chi connectivity index (χ3v) is 5.39. The summed E-state index contributed by atoms with van der Waals surface area (Å²) in [6.45, 7) is 2.05. The lowest BCUT2D eigenvalue weighted by atomic mass is 9.90. The maximum absolute atomic E-state index is 4.92. The molecule has 26 heavy (non-hydrogen) atoms. The number of piperidine rings is 1. The third kappa shape index (κ3) is 2.69. The van der Waals surface area contributed by atoms with Crippen LogP contribution in [0.4, 0.5) is 5.95 Å². The van der Waals surface area contributed by atoms with Gasteiger partial charge in [0.2, 0.25) is 5.95 Å². The molecule has 0 unspecified atom stereocenters. The first-order valence-electron chi connectivity index (χ1n) is 9.26. The van der Waals surface area contributed by atoms with Crippen LogP contribution in [0.15, 0.2) is 60.9 Å². The Morgan fingerprint density at radius 3 is 2.54 bits per heavy atom. The highest BCUT2D eigenvalue weighted by Gasteiger charge is 2.23. The van der Waals surface area contributed by atoms with Crippen LogP contribution in [0.5, 0.6) is 0 Å². The predicted molar refractivity (Wildman–Crippen MR) is 103 cm³/mol. The van der Waals surface area contributed by atoms with Crippen LogP contribution in [-0.2, 0) is 6.42 Å². The van der Waals surface area contributed by atoms with Gasteiger partial charge in [-0.25, -0.2) is 4.98 Å². The molecule has 0 atom stereocenters. The summed E-state index contributed by atoms with van der Waals surface area (Å²) in [5.41, 5.74) is 3.31. The van der Waals surface area contributed by atoms with Gasteiger partial charge >= 0.3 is 0 Å². The minimum Gasteiger partial charge on any atom is -0.342 e. The van der Waals surface area contributed by atoms with Crippen LogP contribution in [0.1, 0.15) is 18.4 Å². The first kappa shape index (κ1) is 15.3. The van der Waals surface area contributed by atoms with Crippen molar-refractivity contribution < 1.29 is 0 Å². The number of fused-ring (bicyclic) bond motifs is 3. The summed E-state index contributed by atoms with van der Waals surface area (Å²) in [4.78, 5) is 7.30. The van der Waals surface area contributed by atoms with Crippen LogP contribution >= 0.6 is 0 Å². The molecule has 0 amide bonds. The molecule has 5 nitrogen and oxygen atoms in total. The molecule has 1 aliphatic heterocycles. The van der Waals surface area contributed by atoms with Gasteiger partial charge in [0, 0.05) is 18.5 Å². The normalized spacial score (nSPS) is 15.8. The van der Waals surface area contributed by atoms with Gasteiger partial charge in [0.25, 0.3) is 0 Å². The van der Waals surface area contributed by atoms with E-state index in [1.807, 2.05) is 16.5 Å². The van der Waals surface area contributed by atoms with Crippen molar-refractivity contribution in [1.82, 2.24) is 19.6 Å². The first-order chi connectivity index (χ1) is 12.9. The molecule has 5 heteroatoms. The van der Waals surface area contributed by atoms with E-state index < -0.39 is 0 Å². The number of rotatable bonds is 3. The Bertz CT molecular complexity index is 1030. The molecule has 1 aliphatic rings.